The number of carbonyl (C=O) groups is 1. The average Bonchev–Trinajstić information content (AvgIpc) is 2.41. The lowest BCUT2D eigenvalue weighted by molar-refractivity contribution is -0.118. The Morgan fingerprint density at radius 3 is 2.85 bits per heavy atom. The van der Waals surface area contributed by atoms with E-state index in [1.807, 2.05) is 4.90 Å². The van der Waals surface area contributed by atoms with Crippen LogP contribution in [0.25, 0.3) is 0 Å². The maximum atomic E-state index is 12.0. The van der Waals surface area contributed by atoms with Crippen LogP contribution in [0.1, 0.15) is 0 Å². The van der Waals surface area contributed by atoms with Crippen molar-refractivity contribution in [2.45, 2.75) is 6.10 Å². The summed E-state index contributed by atoms with van der Waals surface area (Å²) >= 11 is 10.7. The molecule has 3 N–H and O–H groups in total. The minimum Gasteiger partial charge on any atom is -0.391 e. The fourth-order valence-corrected chi connectivity index (χ4v) is 2.22. The number of nitrogens with zero attached hydrogens (tertiary/aromatic N) is 1. The summed E-state index contributed by atoms with van der Waals surface area (Å²) in [5, 5.41) is 3.45. The van der Waals surface area contributed by atoms with Gasteiger partial charge in [0.05, 0.1) is 13.2 Å². The first-order valence-electron chi connectivity index (χ1n) is 6.23. The van der Waals surface area contributed by atoms with Gasteiger partial charge in [0.25, 0.3) is 0 Å². The van der Waals surface area contributed by atoms with E-state index in [4.69, 9.17) is 34.3 Å². The van der Waals surface area contributed by atoms with Gasteiger partial charge >= 0.3 is 0 Å². The summed E-state index contributed by atoms with van der Waals surface area (Å²) < 4.78 is 5.43. The fourth-order valence-electron chi connectivity index (χ4n) is 1.96. The van der Waals surface area contributed by atoms with E-state index in [9.17, 15) is 4.79 Å². The lowest BCUT2D eigenvalue weighted by atomic mass is 10.2. The first-order chi connectivity index (χ1) is 9.54. The third kappa shape index (κ3) is 4.42. The van der Waals surface area contributed by atoms with E-state index in [-0.39, 0.29) is 18.6 Å². The average molecular weight is 314 g/mol. The highest BCUT2D eigenvalue weighted by molar-refractivity contribution is 7.80. The van der Waals surface area contributed by atoms with Crippen molar-refractivity contribution >= 4 is 40.4 Å². The zero-order valence-corrected chi connectivity index (χ0v) is 12.4. The van der Waals surface area contributed by atoms with Crippen LogP contribution in [-0.4, -0.2) is 48.1 Å². The van der Waals surface area contributed by atoms with Crippen LogP contribution in [0.5, 0.6) is 0 Å². The molecular formula is C13H16ClN3O2S. The Labute approximate surface area is 128 Å². The van der Waals surface area contributed by atoms with Gasteiger partial charge in [-0.05, 0) is 24.3 Å². The topological polar surface area (TPSA) is 67.6 Å². The molecule has 1 aromatic rings. The van der Waals surface area contributed by atoms with Crippen molar-refractivity contribution in [2.24, 2.45) is 5.73 Å². The van der Waals surface area contributed by atoms with Gasteiger partial charge in [-0.3, -0.25) is 9.69 Å². The number of ether oxygens (including phenoxy) is 1. The molecule has 1 heterocycles. The van der Waals surface area contributed by atoms with Crippen LogP contribution < -0.4 is 11.1 Å². The van der Waals surface area contributed by atoms with Gasteiger partial charge in [-0.25, -0.2) is 0 Å². The Bertz CT molecular complexity index is 495. The molecule has 2 rings (SSSR count). The predicted octanol–water partition coefficient (Wildman–Crippen LogP) is 1.27. The van der Waals surface area contributed by atoms with Crippen LogP contribution >= 0.6 is 23.8 Å². The SMILES string of the molecule is NC(=S)C1CN(CC(=O)Nc2ccc(Cl)cc2)CCO1. The Morgan fingerprint density at radius 2 is 2.20 bits per heavy atom. The second-order valence-electron chi connectivity index (χ2n) is 4.55. The molecule has 1 aliphatic heterocycles. The summed E-state index contributed by atoms with van der Waals surface area (Å²) in [4.78, 5) is 14.2. The molecule has 5 nitrogen and oxygen atoms in total. The molecule has 1 amide bonds. The maximum Gasteiger partial charge on any atom is 0.238 e. The number of morpholine rings is 1. The summed E-state index contributed by atoms with van der Waals surface area (Å²) in [6.07, 6.45) is -0.276. The summed E-state index contributed by atoms with van der Waals surface area (Å²) in [5.41, 5.74) is 6.29. The van der Waals surface area contributed by atoms with Gasteiger partial charge in [-0.15, -0.1) is 0 Å². The molecule has 20 heavy (non-hydrogen) atoms. The smallest absolute Gasteiger partial charge is 0.238 e. The van der Waals surface area contributed by atoms with E-state index in [1.54, 1.807) is 24.3 Å². The minimum absolute atomic E-state index is 0.0871. The lowest BCUT2D eigenvalue weighted by Gasteiger charge is -2.31. The van der Waals surface area contributed by atoms with Crippen LogP contribution in [0.3, 0.4) is 0 Å². The highest BCUT2D eigenvalue weighted by atomic mass is 35.5. The molecule has 108 valence electrons. The monoisotopic (exact) mass is 313 g/mol. The second kappa shape index (κ2) is 6.99. The number of hydrogen-bond acceptors (Lipinski definition) is 4. The van der Waals surface area contributed by atoms with Crippen LogP contribution in [0.15, 0.2) is 24.3 Å². The minimum atomic E-state index is -0.276. The first-order valence-corrected chi connectivity index (χ1v) is 7.02. The van der Waals surface area contributed by atoms with Gasteiger partial charge < -0.3 is 15.8 Å². The number of halogens is 1. The summed E-state index contributed by atoms with van der Waals surface area (Å²) in [6.45, 7) is 2.04. The molecule has 1 aliphatic rings. The fraction of sp³-hybridized carbons (Fsp3) is 0.385. The van der Waals surface area contributed by atoms with Crippen molar-refractivity contribution in [2.75, 3.05) is 31.6 Å². The van der Waals surface area contributed by atoms with Gasteiger partial charge in [0, 0.05) is 23.8 Å². The van der Waals surface area contributed by atoms with Gasteiger partial charge in [-0.2, -0.15) is 0 Å². The Morgan fingerprint density at radius 1 is 1.50 bits per heavy atom. The van der Waals surface area contributed by atoms with E-state index in [2.05, 4.69) is 5.32 Å². The number of amides is 1. The van der Waals surface area contributed by atoms with Crippen LogP contribution in [0.2, 0.25) is 5.02 Å². The molecule has 0 aliphatic carbocycles. The second-order valence-corrected chi connectivity index (χ2v) is 5.46. The van der Waals surface area contributed by atoms with E-state index in [0.29, 0.717) is 29.7 Å². The number of nitrogens with two attached hydrogens (primary N) is 1. The Kier molecular flexibility index (Phi) is 5.31. The number of thiocarbonyl (C=S) groups is 1. The molecular weight excluding hydrogens is 298 g/mol. The molecule has 1 atom stereocenters. The molecule has 0 spiro atoms. The quantitative estimate of drug-likeness (QED) is 0.819. The molecule has 0 bridgehead atoms. The van der Waals surface area contributed by atoms with E-state index in [1.165, 1.54) is 0 Å². The van der Waals surface area contributed by atoms with Gasteiger partial charge in [0.2, 0.25) is 5.91 Å². The van der Waals surface area contributed by atoms with Gasteiger partial charge in [0.15, 0.2) is 0 Å². The number of nitrogens with one attached hydrogen (secondary N) is 1. The predicted molar refractivity (Wildman–Crippen MR) is 83.0 cm³/mol. The Balaban J connectivity index is 1.85. The highest BCUT2D eigenvalue weighted by Crippen LogP contribution is 2.13. The molecule has 1 saturated heterocycles. The number of benzene rings is 1. The Hall–Kier alpha value is -1.21. The molecule has 0 saturated carbocycles. The zero-order chi connectivity index (χ0) is 14.5. The van der Waals surface area contributed by atoms with Gasteiger partial charge in [0.1, 0.15) is 11.1 Å². The summed E-state index contributed by atoms with van der Waals surface area (Å²) in [5.74, 6) is -0.0871. The normalized spacial score (nSPS) is 19.6. The molecule has 1 aromatic carbocycles. The number of carbonyl (C=O) groups excluding carboxylic acids is 1. The maximum absolute atomic E-state index is 12.0. The van der Waals surface area contributed by atoms with Crippen molar-refractivity contribution in [3.63, 3.8) is 0 Å². The molecule has 1 unspecified atom stereocenters. The van der Waals surface area contributed by atoms with Crippen LogP contribution in [0, 0.1) is 0 Å². The van der Waals surface area contributed by atoms with Crippen LogP contribution in [-0.2, 0) is 9.53 Å². The van der Waals surface area contributed by atoms with Crippen molar-refractivity contribution in [3.05, 3.63) is 29.3 Å². The van der Waals surface area contributed by atoms with Gasteiger partial charge in [-0.1, -0.05) is 23.8 Å². The first kappa shape index (κ1) is 15.2. The third-order valence-electron chi connectivity index (χ3n) is 2.96. The van der Waals surface area contributed by atoms with Crippen molar-refractivity contribution in [1.82, 2.24) is 4.90 Å². The zero-order valence-electron chi connectivity index (χ0n) is 10.8. The number of anilines is 1. The van der Waals surface area contributed by atoms with E-state index in [0.717, 1.165) is 5.69 Å². The van der Waals surface area contributed by atoms with Crippen molar-refractivity contribution in [3.8, 4) is 0 Å². The lowest BCUT2D eigenvalue weighted by Crippen LogP contribution is -2.49. The molecule has 0 aromatic heterocycles. The molecule has 0 radical (unpaired) electrons. The largest absolute Gasteiger partial charge is 0.391 e. The summed E-state index contributed by atoms with van der Waals surface area (Å²) in [6, 6.07) is 6.98. The molecule has 7 heteroatoms. The van der Waals surface area contributed by atoms with E-state index >= 15 is 0 Å². The molecule has 1 fully saturated rings. The number of hydrogen-bond donors (Lipinski definition) is 2. The standard InChI is InChI=1S/C13H16ClN3O2S/c14-9-1-3-10(4-2-9)16-12(18)8-17-5-6-19-11(7-17)13(15)20/h1-4,11H,5-8H2,(H2,15,20)(H,16,18). The highest BCUT2D eigenvalue weighted by Gasteiger charge is 2.23. The van der Waals surface area contributed by atoms with Crippen molar-refractivity contribution < 1.29 is 9.53 Å². The van der Waals surface area contributed by atoms with Crippen LogP contribution in [0.4, 0.5) is 5.69 Å². The van der Waals surface area contributed by atoms with E-state index < -0.39 is 0 Å². The number of rotatable bonds is 4. The third-order valence-corrected chi connectivity index (χ3v) is 3.48. The van der Waals surface area contributed by atoms with Crippen molar-refractivity contribution in [1.29, 1.82) is 0 Å². The summed E-state index contributed by atoms with van der Waals surface area (Å²) in [7, 11) is 0.